The normalized spacial score (nSPS) is 8.89. The van der Waals surface area contributed by atoms with Crippen LogP contribution in [0.15, 0.2) is 0 Å². The van der Waals surface area contributed by atoms with E-state index in [2.05, 4.69) is 0 Å². The van der Waals surface area contributed by atoms with E-state index in [1.165, 1.54) is 0 Å². The fourth-order valence-corrected chi connectivity index (χ4v) is 1.16. The topological polar surface area (TPSA) is 224 Å². The lowest BCUT2D eigenvalue weighted by molar-refractivity contribution is -0.143. The van der Waals surface area contributed by atoms with E-state index in [0.29, 0.717) is 12.8 Å². The van der Waals surface area contributed by atoms with Crippen molar-refractivity contribution in [2.75, 3.05) is 0 Å². The minimum atomic E-state index is -1.08. The molecule has 6 N–H and O–H groups in total. The van der Waals surface area contributed by atoms with E-state index >= 15 is 0 Å². The van der Waals surface area contributed by atoms with Crippen LogP contribution in [0.3, 0.4) is 0 Å². The van der Waals surface area contributed by atoms with Gasteiger partial charge in [-0.15, -0.1) is 0 Å². The van der Waals surface area contributed by atoms with Crippen LogP contribution in [-0.4, -0.2) is 66.5 Å². The summed E-state index contributed by atoms with van der Waals surface area (Å²) in [6.45, 7) is 0. The number of unbranched alkanes of at least 4 members (excludes halogenated alkanes) is 1. The minimum Gasteiger partial charge on any atom is -0.481 e. The molecule has 0 aromatic carbocycles. The highest BCUT2D eigenvalue weighted by molar-refractivity contribution is 5.75. The predicted molar refractivity (Wildman–Crippen MR) is 87.4 cm³/mol. The third-order valence-electron chi connectivity index (χ3n) is 2.37. The third kappa shape index (κ3) is 45.0. The van der Waals surface area contributed by atoms with Crippen LogP contribution in [0, 0.1) is 0 Å². The van der Waals surface area contributed by atoms with Gasteiger partial charge >= 0.3 is 35.8 Å². The van der Waals surface area contributed by atoms with E-state index in [-0.39, 0.29) is 44.9 Å². The van der Waals surface area contributed by atoms with Crippen molar-refractivity contribution in [3.8, 4) is 0 Å². The molecule has 0 saturated heterocycles. The van der Waals surface area contributed by atoms with Crippen LogP contribution in [0.5, 0.6) is 0 Å². The largest absolute Gasteiger partial charge is 0.481 e. The Morgan fingerprint density at radius 1 is 0.333 bits per heavy atom. The van der Waals surface area contributed by atoms with E-state index < -0.39 is 35.8 Å². The first-order chi connectivity index (χ1) is 12.4. The summed E-state index contributed by atoms with van der Waals surface area (Å²) >= 11 is 0. The Kier molecular flexibility index (Phi) is 20.3. The van der Waals surface area contributed by atoms with Crippen LogP contribution < -0.4 is 0 Å². The zero-order chi connectivity index (χ0) is 21.8. The van der Waals surface area contributed by atoms with Crippen LogP contribution in [-0.2, 0) is 28.8 Å². The average molecular weight is 396 g/mol. The van der Waals surface area contributed by atoms with Crippen molar-refractivity contribution in [3.05, 3.63) is 0 Å². The highest BCUT2D eigenvalue weighted by Gasteiger charge is 2.01. The van der Waals surface area contributed by atoms with Crippen molar-refractivity contribution in [1.29, 1.82) is 0 Å². The molecule has 0 aliphatic carbocycles. The minimum absolute atomic E-state index is 0.0628. The highest BCUT2D eigenvalue weighted by atomic mass is 16.4. The molecule has 0 unspecified atom stereocenters. The molecule has 0 saturated carbocycles. The van der Waals surface area contributed by atoms with Crippen LogP contribution in [0.2, 0.25) is 0 Å². The maximum absolute atomic E-state index is 9.90. The predicted octanol–water partition coefficient (Wildman–Crippen LogP) is 0.978. The number of carboxylic acids is 6. The summed E-state index contributed by atoms with van der Waals surface area (Å²) in [6.07, 6.45) is 0.512. The summed E-state index contributed by atoms with van der Waals surface area (Å²) in [5.41, 5.74) is 0. The van der Waals surface area contributed by atoms with E-state index in [1.54, 1.807) is 0 Å². The fraction of sp³-hybridized carbons (Fsp3) is 0.600. The van der Waals surface area contributed by atoms with Gasteiger partial charge < -0.3 is 30.6 Å². The molecule has 0 amide bonds. The lowest BCUT2D eigenvalue weighted by Crippen LogP contribution is -2.00. The number of carboxylic acid groups (broad SMARTS) is 6. The molecule has 0 rings (SSSR count). The van der Waals surface area contributed by atoms with E-state index in [0.717, 1.165) is 0 Å². The molecule has 12 nitrogen and oxygen atoms in total. The van der Waals surface area contributed by atoms with Crippen LogP contribution in [0.25, 0.3) is 0 Å². The van der Waals surface area contributed by atoms with E-state index in [4.69, 9.17) is 30.6 Å². The lowest BCUT2D eigenvalue weighted by Gasteiger charge is -1.92. The summed E-state index contributed by atoms with van der Waals surface area (Å²) in [6, 6.07) is 0. The van der Waals surface area contributed by atoms with Crippen molar-refractivity contribution < 1.29 is 59.4 Å². The summed E-state index contributed by atoms with van der Waals surface area (Å²) in [4.78, 5) is 58.6. The molecular weight excluding hydrogens is 372 g/mol. The first-order valence-corrected chi connectivity index (χ1v) is 7.69. The Labute approximate surface area is 154 Å². The first-order valence-electron chi connectivity index (χ1n) is 7.69. The van der Waals surface area contributed by atoms with Crippen LogP contribution in [0.1, 0.15) is 57.8 Å². The quantitative estimate of drug-likeness (QED) is 0.254. The molecule has 12 heteroatoms. The SMILES string of the molecule is O=C(O)CCC(=O)O.O=C(O)CCCC(=O)O.O=C(O)CCCCC(=O)O. The van der Waals surface area contributed by atoms with Gasteiger partial charge in [-0.1, -0.05) is 0 Å². The van der Waals surface area contributed by atoms with Crippen molar-refractivity contribution in [3.63, 3.8) is 0 Å². The number of rotatable bonds is 12. The van der Waals surface area contributed by atoms with Gasteiger partial charge in [-0.05, 0) is 19.3 Å². The highest BCUT2D eigenvalue weighted by Crippen LogP contribution is 1.98. The Bertz CT molecular complexity index is 453. The molecule has 27 heavy (non-hydrogen) atoms. The third-order valence-corrected chi connectivity index (χ3v) is 2.37. The van der Waals surface area contributed by atoms with Crippen molar-refractivity contribution in [2.45, 2.75) is 57.8 Å². The second-order valence-electron chi connectivity index (χ2n) is 4.92. The smallest absolute Gasteiger partial charge is 0.303 e. The molecule has 0 aliphatic rings. The Balaban J connectivity index is -0.000000322. The Hall–Kier alpha value is -3.18. The second-order valence-corrected chi connectivity index (χ2v) is 4.92. The van der Waals surface area contributed by atoms with E-state index in [9.17, 15) is 28.8 Å². The molecule has 0 aliphatic heterocycles. The van der Waals surface area contributed by atoms with Gasteiger partial charge in [0.1, 0.15) is 0 Å². The molecule has 0 aromatic heterocycles. The van der Waals surface area contributed by atoms with Gasteiger partial charge in [-0.25, -0.2) is 0 Å². The maximum atomic E-state index is 9.90. The first kappa shape index (κ1) is 28.6. The summed E-state index contributed by atoms with van der Waals surface area (Å²) < 4.78 is 0. The molecule has 156 valence electrons. The summed E-state index contributed by atoms with van der Waals surface area (Å²) in [7, 11) is 0. The molecule has 0 fully saturated rings. The molecule has 0 heterocycles. The van der Waals surface area contributed by atoms with Gasteiger partial charge in [0.05, 0.1) is 12.8 Å². The van der Waals surface area contributed by atoms with Gasteiger partial charge in [0.15, 0.2) is 0 Å². The van der Waals surface area contributed by atoms with Gasteiger partial charge in [-0.2, -0.15) is 0 Å². The zero-order valence-corrected chi connectivity index (χ0v) is 14.5. The van der Waals surface area contributed by atoms with Crippen LogP contribution >= 0.6 is 0 Å². The number of hydrogen-bond acceptors (Lipinski definition) is 6. The van der Waals surface area contributed by atoms with Gasteiger partial charge in [0.2, 0.25) is 0 Å². The number of hydrogen-bond donors (Lipinski definition) is 6. The van der Waals surface area contributed by atoms with Crippen molar-refractivity contribution in [1.82, 2.24) is 0 Å². The lowest BCUT2D eigenvalue weighted by atomic mass is 10.2. The van der Waals surface area contributed by atoms with Crippen LogP contribution in [0.4, 0.5) is 0 Å². The Morgan fingerprint density at radius 3 is 0.704 bits per heavy atom. The molecule has 0 bridgehead atoms. The van der Waals surface area contributed by atoms with Gasteiger partial charge in [-0.3, -0.25) is 28.8 Å². The van der Waals surface area contributed by atoms with Crippen molar-refractivity contribution in [2.24, 2.45) is 0 Å². The molecule has 0 aromatic rings. The molecule has 0 spiro atoms. The average Bonchev–Trinajstić information content (AvgIpc) is 2.50. The number of carbonyl (C=O) groups is 6. The summed E-state index contributed by atoms with van der Waals surface area (Å²) in [5.74, 6) is -5.79. The van der Waals surface area contributed by atoms with Gasteiger partial charge in [0.25, 0.3) is 0 Å². The van der Waals surface area contributed by atoms with Gasteiger partial charge in [0, 0.05) is 25.7 Å². The number of aliphatic carboxylic acids is 6. The summed E-state index contributed by atoms with van der Waals surface area (Å²) in [5, 5.41) is 48.1. The zero-order valence-electron chi connectivity index (χ0n) is 14.5. The molecule has 0 radical (unpaired) electrons. The maximum Gasteiger partial charge on any atom is 0.303 e. The monoisotopic (exact) mass is 396 g/mol. The van der Waals surface area contributed by atoms with Crippen molar-refractivity contribution >= 4 is 35.8 Å². The fourth-order valence-electron chi connectivity index (χ4n) is 1.16. The van der Waals surface area contributed by atoms with E-state index in [1.807, 2.05) is 0 Å². The standard InChI is InChI=1S/C6H10O4.C5H8O4.C4H6O4/c7-5(8)3-1-2-4-6(9)10;6-4(7)2-1-3-5(8)9;5-3(6)1-2-4(7)8/h1-4H2,(H,7,8)(H,9,10);1-3H2,(H,6,7)(H,8,9);1-2H2,(H,5,6)(H,7,8). The molecule has 0 atom stereocenters. The second kappa shape index (κ2) is 19.1. The molecular formula is C15H24O12. The Morgan fingerprint density at radius 2 is 0.519 bits per heavy atom.